The summed E-state index contributed by atoms with van der Waals surface area (Å²) < 4.78 is 24.9. The van der Waals surface area contributed by atoms with Gasteiger partial charge in [0, 0.05) is 0 Å². The van der Waals surface area contributed by atoms with Gasteiger partial charge in [0.2, 0.25) is 0 Å². The van der Waals surface area contributed by atoms with Crippen molar-refractivity contribution in [1.82, 2.24) is 4.90 Å². The van der Waals surface area contributed by atoms with E-state index in [1.807, 2.05) is 0 Å². The highest BCUT2D eigenvalue weighted by atomic mass is 19.1. The molecule has 0 saturated carbocycles. The maximum Gasteiger partial charge on any atom is 0.261 e. The molecule has 1 saturated heterocycles. The highest BCUT2D eigenvalue weighted by molar-refractivity contribution is 6.21. The number of ether oxygens (including phenoxy) is 2. The Morgan fingerprint density at radius 1 is 1.07 bits per heavy atom. The SMILES string of the molecule is COc1ccc(F)cc1CCC1CCC(CN2C(=O)c3ccccc3C2=O)O1. The van der Waals surface area contributed by atoms with E-state index in [0.29, 0.717) is 23.3 Å². The Morgan fingerprint density at radius 2 is 1.75 bits per heavy atom. The number of nitrogens with zero attached hydrogens (tertiary/aromatic N) is 1. The Hall–Kier alpha value is -2.73. The lowest BCUT2D eigenvalue weighted by molar-refractivity contribution is 0.0195. The lowest BCUT2D eigenvalue weighted by Gasteiger charge is -2.20. The summed E-state index contributed by atoms with van der Waals surface area (Å²) in [5.74, 6) is -0.122. The number of hydrogen-bond acceptors (Lipinski definition) is 4. The Kier molecular flexibility index (Phi) is 5.13. The van der Waals surface area contributed by atoms with Crippen LogP contribution in [0.3, 0.4) is 0 Å². The van der Waals surface area contributed by atoms with Gasteiger partial charge in [-0.05, 0) is 61.6 Å². The van der Waals surface area contributed by atoms with E-state index in [0.717, 1.165) is 24.8 Å². The lowest BCUT2D eigenvalue weighted by Crippen LogP contribution is -2.37. The normalized spacial score (nSPS) is 21.3. The molecule has 2 heterocycles. The van der Waals surface area contributed by atoms with Crippen molar-refractivity contribution >= 4 is 11.8 Å². The van der Waals surface area contributed by atoms with Gasteiger partial charge in [-0.3, -0.25) is 14.5 Å². The molecule has 0 bridgehead atoms. The number of benzene rings is 2. The molecule has 2 aromatic rings. The minimum atomic E-state index is -0.286. The molecule has 2 aromatic carbocycles. The second-order valence-corrected chi connectivity index (χ2v) is 7.22. The van der Waals surface area contributed by atoms with Crippen molar-refractivity contribution in [3.05, 3.63) is 65.0 Å². The zero-order chi connectivity index (χ0) is 19.7. The fraction of sp³-hybridized carbons (Fsp3) is 0.364. The molecule has 2 atom stereocenters. The van der Waals surface area contributed by atoms with Crippen molar-refractivity contribution in [3.8, 4) is 5.75 Å². The maximum absolute atomic E-state index is 13.5. The van der Waals surface area contributed by atoms with Crippen LogP contribution in [0.5, 0.6) is 5.75 Å². The van der Waals surface area contributed by atoms with Crippen molar-refractivity contribution in [1.29, 1.82) is 0 Å². The second kappa shape index (κ2) is 7.72. The van der Waals surface area contributed by atoms with Gasteiger partial charge >= 0.3 is 0 Å². The molecular weight excluding hydrogens is 361 g/mol. The van der Waals surface area contributed by atoms with Crippen molar-refractivity contribution in [2.24, 2.45) is 0 Å². The van der Waals surface area contributed by atoms with Gasteiger partial charge in [-0.25, -0.2) is 4.39 Å². The molecule has 0 N–H and O–H groups in total. The number of hydrogen-bond donors (Lipinski definition) is 0. The third-order valence-electron chi connectivity index (χ3n) is 5.44. The smallest absolute Gasteiger partial charge is 0.261 e. The first-order chi connectivity index (χ1) is 13.6. The summed E-state index contributed by atoms with van der Waals surface area (Å²) in [7, 11) is 1.57. The van der Waals surface area contributed by atoms with E-state index in [1.165, 1.54) is 17.0 Å². The van der Waals surface area contributed by atoms with Crippen molar-refractivity contribution in [2.45, 2.75) is 37.9 Å². The van der Waals surface area contributed by atoms with Crippen molar-refractivity contribution in [2.75, 3.05) is 13.7 Å². The topological polar surface area (TPSA) is 55.8 Å². The monoisotopic (exact) mass is 383 g/mol. The Balaban J connectivity index is 1.34. The third-order valence-corrected chi connectivity index (χ3v) is 5.44. The predicted octanol–water partition coefficient (Wildman–Crippen LogP) is 3.61. The van der Waals surface area contributed by atoms with E-state index in [9.17, 15) is 14.0 Å². The summed E-state index contributed by atoms with van der Waals surface area (Å²) in [6.07, 6.45) is 2.88. The molecule has 0 aliphatic carbocycles. The first kappa shape index (κ1) is 18.6. The van der Waals surface area contributed by atoms with Crippen LogP contribution >= 0.6 is 0 Å². The molecule has 6 heteroatoms. The van der Waals surface area contributed by atoms with Gasteiger partial charge in [0.1, 0.15) is 11.6 Å². The van der Waals surface area contributed by atoms with Gasteiger partial charge in [0.25, 0.3) is 11.8 Å². The minimum absolute atomic E-state index is 0.0214. The van der Waals surface area contributed by atoms with Crippen molar-refractivity contribution < 1.29 is 23.5 Å². The van der Waals surface area contributed by atoms with Gasteiger partial charge in [-0.2, -0.15) is 0 Å². The van der Waals surface area contributed by atoms with E-state index in [-0.39, 0.29) is 36.4 Å². The first-order valence-electron chi connectivity index (χ1n) is 9.50. The zero-order valence-electron chi connectivity index (χ0n) is 15.7. The van der Waals surface area contributed by atoms with Crippen LogP contribution in [-0.4, -0.2) is 42.6 Å². The predicted molar refractivity (Wildman–Crippen MR) is 101 cm³/mol. The fourth-order valence-electron chi connectivity index (χ4n) is 3.99. The zero-order valence-corrected chi connectivity index (χ0v) is 15.7. The summed E-state index contributed by atoms with van der Waals surface area (Å²) in [5, 5.41) is 0. The molecule has 2 aliphatic heterocycles. The van der Waals surface area contributed by atoms with E-state index in [2.05, 4.69) is 0 Å². The Morgan fingerprint density at radius 3 is 2.43 bits per heavy atom. The van der Waals surface area contributed by atoms with Crippen LogP contribution in [-0.2, 0) is 11.2 Å². The minimum Gasteiger partial charge on any atom is -0.496 e. The van der Waals surface area contributed by atoms with E-state index in [4.69, 9.17) is 9.47 Å². The molecule has 2 aliphatic rings. The van der Waals surface area contributed by atoms with Gasteiger partial charge in [-0.15, -0.1) is 0 Å². The molecule has 0 radical (unpaired) electrons. The molecule has 0 spiro atoms. The summed E-state index contributed by atoms with van der Waals surface area (Å²) in [6, 6.07) is 11.4. The number of aryl methyl sites for hydroxylation is 1. The van der Waals surface area contributed by atoms with Gasteiger partial charge in [0.15, 0.2) is 0 Å². The summed E-state index contributed by atoms with van der Waals surface area (Å²) in [6.45, 7) is 0.270. The fourth-order valence-corrected chi connectivity index (χ4v) is 3.99. The van der Waals surface area contributed by atoms with Crippen molar-refractivity contribution in [3.63, 3.8) is 0 Å². The Labute approximate surface area is 163 Å². The number of carbonyl (C=O) groups excluding carboxylic acids is 2. The van der Waals surface area contributed by atoms with Crippen LogP contribution in [0.15, 0.2) is 42.5 Å². The largest absolute Gasteiger partial charge is 0.496 e. The number of imide groups is 1. The third kappa shape index (κ3) is 3.52. The number of amides is 2. The molecule has 5 nitrogen and oxygen atoms in total. The quantitative estimate of drug-likeness (QED) is 0.715. The van der Waals surface area contributed by atoms with E-state index in [1.54, 1.807) is 37.4 Å². The van der Waals surface area contributed by atoms with E-state index < -0.39 is 0 Å². The molecule has 146 valence electrons. The molecule has 2 amide bonds. The summed E-state index contributed by atoms with van der Waals surface area (Å²) >= 11 is 0. The first-order valence-corrected chi connectivity index (χ1v) is 9.50. The van der Waals surface area contributed by atoms with Gasteiger partial charge in [0.05, 0.1) is 37.0 Å². The van der Waals surface area contributed by atoms with Gasteiger partial charge in [-0.1, -0.05) is 12.1 Å². The standard InChI is InChI=1S/C22H22FNO4/c1-27-20-11-7-15(23)12-14(20)6-8-16-9-10-17(28-16)13-24-21(25)18-4-2-3-5-19(18)22(24)26/h2-5,7,11-12,16-17H,6,8-10,13H2,1H3. The number of halogens is 1. The van der Waals surface area contributed by atoms with Crippen LogP contribution in [0.25, 0.3) is 0 Å². The second-order valence-electron chi connectivity index (χ2n) is 7.22. The highest BCUT2D eigenvalue weighted by Crippen LogP contribution is 2.29. The lowest BCUT2D eigenvalue weighted by atomic mass is 10.0. The number of fused-ring (bicyclic) bond motifs is 1. The number of rotatable bonds is 6. The van der Waals surface area contributed by atoms with Crippen LogP contribution in [0, 0.1) is 5.82 Å². The molecule has 1 fully saturated rings. The van der Waals surface area contributed by atoms with Crippen LogP contribution < -0.4 is 4.74 Å². The number of methoxy groups -OCH3 is 1. The maximum atomic E-state index is 13.5. The summed E-state index contributed by atoms with van der Waals surface area (Å²) in [4.78, 5) is 26.3. The number of carbonyl (C=O) groups is 2. The average molecular weight is 383 g/mol. The molecule has 28 heavy (non-hydrogen) atoms. The summed E-state index contributed by atoms with van der Waals surface area (Å²) in [5.41, 5.74) is 1.73. The van der Waals surface area contributed by atoms with E-state index >= 15 is 0 Å². The van der Waals surface area contributed by atoms with Crippen LogP contribution in [0.2, 0.25) is 0 Å². The molecular formula is C22H22FNO4. The van der Waals surface area contributed by atoms with Crippen LogP contribution in [0.4, 0.5) is 4.39 Å². The highest BCUT2D eigenvalue weighted by Gasteiger charge is 2.38. The van der Waals surface area contributed by atoms with Gasteiger partial charge < -0.3 is 9.47 Å². The molecule has 0 aromatic heterocycles. The van der Waals surface area contributed by atoms with Crippen LogP contribution in [0.1, 0.15) is 45.5 Å². The molecule has 4 rings (SSSR count). The molecule has 2 unspecified atom stereocenters. The Bertz CT molecular complexity index is 878. The average Bonchev–Trinajstić information content (AvgIpc) is 3.25.